The van der Waals surface area contributed by atoms with E-state index in [0.717, 1.165) is 12.1 Å². The molecule has 14 heavy (non-hydrogen) atoms. The fourth-order valence-electron chi connectivity index (χ4n) is 1.88. The first kappa shape index (κ1) is 11.2. The minimum Gasteiger partial charge on any atom is -0.390 e. The van der Waals surface area contributed by atoms with Gasteiger partial charge < -0.3 is 5.11 Å². The van der Waals surface area contributed by atoms with Crippen molar-refractivity contribution in [3.05, 3.63) is 29.6 Å². The van der Waals surface area contributed by atoms with Gasteiger partial charge in [0.1, 0.15) is 0 Å². The van der Waals surface area contributed by atoms with Gasteiger partial charge in [0.2, 0.25) is 0 Å². The highest BCUT2D eigenvalue weighted by Crippen LogP contribution is 2.26. The van der Waals surface area contributed by atoms with Crippen LogP contribution in [0.15, 0.2) is 18.3 Å². The van der Waals surface area contributed by atoms with Gasteiger partial charge in [-0.05, 0) is 30.4 Å². The maximum atomic E-state index is 9.17. The highest BCUT2D eigenvalue weighted by atomic mass is 16.3. The van der Waals surface area contributed by atoms with Gasteiger partial charge >= 0.3 is 0 Å². The van der Waals surface area contributed by atoms with Crippen molar-refractivity contribution in [2.45, 2.75) is 45.6 Å². The van der Waals surface area contributed by atoms with Crippen LogP contribution in [0.4, 0.5) is 0 Å². The third kappa shape index (κ3) is 2.55. The lowest BCUT2D eigenvalue weighted by molar-refractivity contribution is 0.274. The number of aliphatic hydroxyl groups excluding tert-OH is 1. The molecule has 0 aliphatic rings. The Labute approximate surface area is 86.0 Å². The molecule has 1 heterocycles. The van der Waals surface area contributed by atoms with Gasteiger partial charge in [0.25, 0.3) is 0 Å². The van der Waals surface area contributed by atoms with Gasteiger partial charge in [-0.1, -0.05) is 26.3 Å². The monoisotopic (exact) mass is 193 g/mol. The molecule has 1 atom stereocenters. The second kappa shape index (κ2) is 5.76. The van der Waals surface area contributed by atoms with Crippen LogP contribution in [0.1, 0.15) is 50.3 Å². The van der Waals surface area contributed by atoms with E-state index >= 15 is 0 Å². The number of pyridine rings is 1. The third-order valence-corrected chi connectivity index (χ3v) is 2.64. The minimum atomic E-state index is 0.0520. The predicted octanol–water partition coefficient (Wildman–Crippen LogP) is 2.87. The summed E-state index contributed by atoms with van der Waals surface area (Å²) in [4.78, 5) is 4.20. The average Bonchev–Trinajstić information content (AvgIpc) is 2.26. The first-order chi connectivity index (χ1) is 6.83. The molecule has 0 radical (unpaired) electrons. The molecule has 0 spiro atoms. The van der Waals surface area contributed by atoms with Crippen LogP contribution in [0.25, 0.3) is 0 Å². The normalized spacial score (nSPS) is 12.8. The van der Waals surface area contributed by atoms with Crippen LogP contribution in [0.3, 0.4) is 0 Å². The van der Waals surface area contributed by atoms with Crippen molar-refractivity contribution in [3.8, 4) is 0 Å². The Hall–Kier alpha value is -0.890. The number of hydrogen-bond donors (Lipinski definition) is 1. The molecule has 0 aromatic carbocycles. The number of aromatic nitrogens is 1. The Balaban J connectivity index is 2.90. The minimum absolute atomic E-state index is 0.0520. The molecule has 1 N–H and O–H groups in total. The molecular formula is C12H19NO. The van der Waals surface area contributed by atoms with Crippen LogP contribution in [0.2, 0.25) is 0 Å². The second-order valence-electron chi connectivity index (χ2n) is 3.59. The van der Waals surface area contributed by atoms with Crippen LogP contribution < -0.4 is 0 Å². The van der Waals surface area contributed by atoms with E-state index in [1.54, 1.807) is 6.20 Å². The summed E-state index contributed by atoms with van der Waals surface area (Å²) in [6.45, 7) is 4.43. The number of aliphatic hydroxyl groups is 1. The van der Waals surface area contributed by atoms with Gasteiger partial charge in [0.15, 0.2) is 0 Å². The van der Waals surface area contributed by atoms with E-state index in [2.05, 4.69) is 24.9 Å². The van der Waals surface area contributed by atoms with Gasteiger partial charge in [0.05, 0.1) is 12.3 Å². The van der Waals surface area contributed by atoms with Crippen molar-refractivity contribution < 1.29 is 5.11 Å². The molecule has 0 aliphatic carbocycles. The lowest BCUT2D eigenvalue weighted by atomic mass is 9.91. The van der Waals surface area contributed by atoms with Crippen molar-refractivity contribution in [1.29, 1.82) is 0 Å². The van der Waals surface area contributed by atoms with Gasteiger partial charge in [-0.15, -0.1) is 0 Å². The fraction of sp³-hybridized carbons (Fsp3) is 0.583. The topological polar surface area (TPSA) is 33.1 Å². The molecule has 0 fully saturated rings. The number of nitrogens with zero attached hydrogens (tertiary/aromatic N) is 1. The van der Waals surface area contributed by atoms with Crippen molar-refractivity contribution in [1.82, 2.24) is 4.98 Å². The summed E-state index contributed by atoms with van der Waals surface area (Å²) in [5, 5.41) is 9.17. The summed E-state index contributed by atoms with van der Waals surface area (Å²) < 4.78 is 0. The molecule has 0 saturated heterocycles. The fourth-order valence-corrected chi connectivity index (χ4v) is 1.88. The summed E-state index contributed by atoms with van der Waals surface area (Å²) in [5.41, 5.74) is 2.06. The van der Waals surface area contributed by atoms with Crippen LogP contribution in [0, 0.1) is 0 Å². The largest absolute Gasteiger partial charge is 0.390 e. The summed E-state index contributed by atoms with van der Waals surface area (Å²) in [5.74, 6) is 0.552. The van der Waals surface area contributed by atoms with Crippen molar-refractivity contribution in [2.75, 3.05) is 0 Å². The highest BCUT2D eigenvalue weighted by molar-refractivity contribution is 5.23. The summed E-state index contributed by atoms with van der Waals surface area (Å²) in [7, 11) is 0. The van der Waals surface area contributed by atoms with Gasteiger partial charge in [0, 0.05) is 6.20 Å². The first-order valence-corrected chi connectivity index (χ1v) is 5.38. The molecule has 2 heteroatoms. The maximum absolute atomic E-state index is 9.17. The van der Waals surface area contributed by atoms with Crippen LogP contribution >= 0.6 is 0 Å². The highest BCUT2D eigenvalue weighted by Gasteiger charge is 2.12. The molecule has 1 rings (SSSR count). The quantitative estimate of drug-likeness (QED) is 0.780. The van der Waals surface area contributed by atoms with Gasteiger partial charge in [-0.3, -0.25) is 4.98 Å². The Morgan fingerprint density at radius 3 is 2.79 bits per heavy atom. The molecule has 78 valence electrons. The second-order valence-corrected chi connectivity index (χ2v) is 3.59. The van der Waals surface area contributed by atoms with E-state index in [9.17, 15) is 0 Å². The summed E-state index contributed by atoms with van der Waals surface area (Å²) in [6.07, 6.45) is 5.22. The molecule has 0 bridgehead atoms. The Morgan fingerprint density at radius 2 is 2.21 bits per heavy atom. The van der Waals surface area contributed by atoms with E-state index in [1.807, 2.05) is 6.07 Å². The zero-order chi connectivity index (χ0) is 10.4. The van der Waals surface area contributed by atoms with E-state index in [4.69, 9.17) is 5.11 Å². The molecule has 0 amide bonds. The Bertz CT molecular complexity index is 273. The average molecular weight is 193 g/mol. The van der Waals surface area contributed by atoms with Gasteiger partial charge in [-0.25, -0.2) is 0 Å². The molecule has 0 aliphatic heterocycles. The third-order valence-electron chi connectivity index (χ3n) is 2.64. The molecule has 1 aromatic rings. The molecule has 2 nitrogen and oxygen atoms in total. The van der Waals surface area contributed by atoms with Gasteiger partial charge in [-0.2, -0.15) is 0 Å². The molecule has 1 aromatic heterocycles. The Morgan fingerprint density at radius 1 is 1.43 bits per heavy atom. The maximum Gasteiger partial charge on any atom is 0.0855 e. The predicted molar refractivity (Wildman–Crippen MR) is 58.1 cm³/mol. The van der Waals surface area contributed by atoms with E-state index < -0.39 is 0 Å². The smallest absolute Gasteiger partial charge is 0.0855 e. The molecule has 0 saturated carbocycles. The number of rotatable bonds is 5. The van der Waals surface area contributed by atoms with Crippen molar-refractivity contribution in [2.24, 2.45) is 0 Å². The summed E-state index contributed by atoms with van der Waals surface area (Å²) in [6, 6.07) is 4.04. The van der Waals surface area contributed by atoms with Crippen LogP contribution in [0.5, 0.6) is 0 Å². The van der Waals surface area contributed by atoms with Crippen LogP contribution in [-0.2, 0) is 6.61 Å². The zero-order valence-electron chi connectivity index (χ0n) is 9.03. The van der Waals surface area contributed by atoms with E-state index in [0.29, 0.717) is 5.92 Å². The standard InChI is InChI=1S/C12H19NO/c1-3-6-10(4-2)11-7-5-8-13-12(11)9-14/h5,7-8,10,14H,3-4,6,9H2,1-2H3. The SMILES string of the molecule is CCCC(CC)c1cccnc1CO. The van der Waals surface area contributed by atoms with Crippen LogP contribution in [-0.4, -0.2) is 10.1 Å². The summed E-state index contributed by atoms with van der Waals surface area (Å²) >= 11 is 0. The lowest BCUT2D eigenvalue weighted by Gasteiger charge is -2.16. The van der Waals surface area contributed by atoms with E-state index in [-0.39, 0.29) is 6.61 Å². The molecular weight excluding hydrogens is 174 g/mol. The van der Waals surface area contributed by atoms with Crippen molar-refractivity contribution >= 4 is 0 Å². The molecule has 1 unspecified atom stereocenters. The first-order valence-electron chi connectivity index (χ1n) is 5.38. The van der Waals surface area contributed by atoms with Crippen molar-refractivity contribution in [3.63, 3.8) is 0 Å². The zero-order valence-corrected chi connectivity index (χ0v) is 9.03. The number of hydrogen-bond acceptors (Lipinski definition) is 2. The van der Waals surface area contributed by atoms with E-state index in [1.165, 1.54) is 18.4 Å². The lowest BCUT2D eigenvalue weighted by Crippen LogP contribution is -2.03. The Kier molecular flexibility index (Phi) is 4.60.